The van der Waals surface area contributed by atoms with Gasteiger partial charge in [-0.25, -0.2) is 0 Å². The van der Waals surface area contributed by atoms with Gasteiger partial charge in [-0.3, -0.25) is 4.79 Å². The second-order valence-electron chi connectivity index (χ2n) is 10.9. The third-order valence-electron chi connectivity index (χ3n) is 6.93. The van der Waals surface area contributed by atoms with Gasteiger partial charge >= 0.3 is 7.12 Å². The number of amides is 1. The number of rotatable bonds is 4. The minimum atomic E-state index is -0.286. The lowest BCUT2D eigenvalue weighted by Gasteiger charge is -2.43. The van der Waals surface area contributed by atoms with E-state index in [-0.39, 0.29) is 35.2 Å². The second-order valence-corrected chi connectivity index (χ2v) is 10.9. The maximum absolute atomic E-state index is 13.0. The van der Waals surface area contributed by atoms with Crippen LogP contribution in [0, 0.1) is 17.3 Å². The minimum absolute atomic E-state index is 0.131. The lowest BCUT2D eigenvalue weighted by atomic mass is 9.62. The Hall–Kier alpha value is -0.545. The number of carbonyl (C=O) groups is 1. The Morgan fingerprint density at radius 1 is 1.08 bits per heavy atom. The molecule has 5 heteroatoms. The number of nitrogens with one attached hydrogen (secondary N) is 1. The first-order chi connectivity index (χ1) is 11.7. The zero-order chi connectivity index (χ0) is 20.0. The molecule has 2 rings (SSSR count). The molecule has 2 fully saturated rings. The highest BCUT2D eigenvalue weighted by Gasteiger charge is 2.51. The van der Waals surface area contributed by atoms with E-state index in [0.29, 0.717) is 11.8 Å². The second kappa shape index (κ2) is 7.12. The van der Waals surface area contributed by atoms with Gasteiger partial charge in [-0.05, 0) is 79.5 Å². The van der Waals surface area contributed by atoms with Gasteiger partial charge in [0, 0.05) is 11.0 Å². The molecule has 150 valence electrons. The third-order valence-corrected chi connectivity index (χ3v) is 6.93. The van der Waals surface area contributed by atoms with Crippen LogP contribution in [0.4, 0.5) is 0 Å². The summed E-state index contributed by atoms with van der Waals surface area (Å²) in [5.41, 5.74) is -0.999. The average molecular weight is 365 g/mol. The fourth-order valence-electron chi connectivity index (χ4n) is 4.21. The first kappa shape index (κ1) is 21.8. The summed E-state index contributed by atoms with van der Waals surface area (Å²) < 4.78 is 12.3. The Balaban J connectivity index is 1.95. The van der Waals surface area contributed by atoms with E-state index in [2.05, 4.69) is 67.6 Å². The van der Waals surface area contributed by atoms with Crippen LogP contribution in [0.1, 0.15) is 88.0 Å². The summed E-state index contributed by atoms with van der Waals surface area (Å²) in [5.74, 6) is 1.18. The molecule has 1 saturated carbocycles. The first-order valence-corrected chi connectivity index (χ1v) is 10.3. The van der Waals surface area contributed by atoms with E-state index in [1.165, 1.54) is 6.42 Å². The molecule has 0 bridgehead atoms. The quantitative estimate of drug-likeness (QED) is 0.726. The van der Waals surface area contributed by atoms with Crippen LogP contribution in [0.3, 0.4) is 0 Å². The van der Waals surface area contributed by atoms with Gasteiger partial charge in [-0.2, -0.15) is 0 Å². The molecule has 4 nitrogen and oxygen atoms in total. The molecule has 0 aromatic rings. The van der Waals surface area contributed by atoms with Gasteiger partial charge in [0.1, 0.15) is 0 Å². The fourth-order valence-corrected chi connectivity index (χ4v) is 4.21. The molecule has 0 radical (unpaired) electrons. The van der Waals surface area contributed by atoms with Crippen molar-refractivity contribution in [2.24, 2.45) is 17.3 Å². The Bertz CT molecular complexity index is 510. The number of hydrogen-bond donors (Lipinski definition) is 1. The fraction of sp³-hybridized carbons (Fsp3) is 0.952. The van der Waals surface area contributed by atoms with Crippen LogP contribution in [0.25, 0.3) is 0 Å². The van der Waals surface area contributed by atoms with Crippen LogP contribution in [0.5, 0.6) is 0 Å². The Labute approximate surface area is 161 Å². The standard InChI is InChI=1S/C21H40BNO3/c1-15-10-11-16(14-21(15,9)17(24)23-18(2,3)4)12-13-22-25-19(5,6)20(7,8)26-22/h15-16H,10-14H2,1-9H3,(H,23,24)/t15-,16-,21?/m0/s1. The van der Waals surface area contributed by atoms with Crippen molar-refractivity contribution in [1.82, 2.24) is 5.32 Å². The molecule has 1 aliphatic carbocycles. The van der Waals surface area contributed by atoms with Crippen molar-refractivity contribution in [3.05, 3.63) is 0 Å². The van der Waals surface area contributed by atoms with Gasteiger partial charge in [0.25, 0.3) is 0 Å². The predicted molar refractivity (Wildman–Crippen MR) is 108 cm³/mol. The molecule has 1 N–H and O–H groups in total. The minimum Gasteiger partial charge on any atom is -0.403 e. The van der Waals surface area contributed by atoms with Crippen molar-refractivity contribution < 1.29 is 14.1 Å². The van der Waals surface area contributed by atoms with Crippen molar-refractivity contribution in [2.45, 2.75) is 111 Å². The van der Waals surface area contributed by atoms with Crippen molar-refractivity contribution in [1.29, 1.82) is 0 Å². The Morgan fingerprint density at radius 2 is 1.62 bits per heavy atom. The summed E-state index contributed by atoms with van der Waals surface area (Å²) in [6, 6.07) is 0. The van der Waals surface area contributed by atoms with Crippen molar-refractivity contribution in [3.8, 4) is 0 Å². The normalized spacial score (nSPS) is 34.0. The van der Waals surface area contributed by atoms with Crippen LogP contribution in [-0.4, -0.2) is 29.8 Å². The molecular formula is C21H40BNO3. The van der Waals surface area contributed by atoms with Gasteiger partial charge in [-0.15, -0.1) is 0 Å². The summed E-state index contributed by atoms with van der Waals surface area (Å²) in [4.78, 5) is 13.0. The lowest BCUT2D eigenvalue weighted by Crippen LogP contribution is -2.52. The van der Waals surface area contributed by atoms with Crippen LogP contribution in [0.2, 0.25) is 6.32 Å². The van der Waals surface area contributed by atoms with E-state index in [0.717, 1.165) is 25.6 Å². The first-order valence-electron chi connectivity index (χ1n) is 10.3. The SMILES string of the molecule is C[C@H]1CC[C@@H](CCB2OC(C)(C)C(C)(C)O2)CC1(C)C(=O)NC(C)(C)C. The molecule has 1 amide bonds. The average Bonchev–Trinajstić information content (AvgIpc) is 2.66. The highest BCUT2D eigenvalue weighted by Crippen LogP contribution is 2.46. The van der Waals surface area contributed by atoms with Crippen LogP contribution in [-0.2, 0) is 14.1 Å². The lowest BCUT2D eigenvalue weighted by molar-refractivity contribution is -0.137. The largest absolute Gasteiger partial charge is 0.457 e. The smallest absolute Gasteiger partial charge is 0.403 e. The molecule has 1 heterocycles. The summed E-state index contributed by atoms with van der Waals surface area (Å²) in [7, 11) is -0.131. The van der Waals surface area contributed by atoms with Crippen LogP contribution < -0.4 is 5.32 Å². The monoisotopic (exact) mass is 365 g/mol. The van der Waals surface area contributed by atoms with E-state index in [1.54, 1.807) is 0 Å². The highest BCUT2D eigenvalue weighted by atomic mass is 16.7. The van der Waals surface area contributed by atoms with E-state index >= 15 is 0 Å². The van der Waals surface area contributed by atoms with E-state index in [9.17, 15) is 4.79 Å². The van der Waals surface area contributed by atoms with Crippen LogP contribution in [0.15, 0.2) is 0 Å². The number of carbonyl (C=O) groups excluding carboxylic acids is 1. The summed E-state index contributed by atoms with van der Waals surface area (Å²) in [6.45, 7) is 18.9. The molecule has 0 spiro atoms. The highest BCUT2D eigenvalue weighted by molar-refractivity contribution is 6.45. The van der Waals surface area contributed by atoms with Gasteiger partial charge in [-0.1, -0.05) is 26.7 Å². The maximum Gasteiger partial charge on any atom is 0.457 e. The van der Waals surface area contributed by atoms with Gasteiger partial charge in [0.2, 0.25) is 5.91 Å². The molecule has 0 aromatic carbocycles. The predicted octanol–water partition coefficient (Wildman–Crippen LogP) is 4.83. The zero-order valence-electron chi connectivity index (χ0n) is 18.5. The van der Waals surface area contributed by atoms with Crippen LogP contribution >= 0.6 is 0 Å². The molecule has 0 aromatic heterocycles. The zero-order valence-corrected chi connectivity index (χ0v) is 18.5. The summed E-state index contributed by atoms with van der Waals surface area (Å²) >= 11 is 0. The summed E-state index contributed by atoms with van der Waals surface area (Å²) in [6.07, 6.45) is 5.22. The van der Waals surface area contributed by atoms with Crippen molar-refractivity contribution in [3.63, 3.8) is 0 Å². The molecule has 3 atom stereocenters. The third kappa shape index (κ3) is 4.65. The van der Waals surface area contributed by atoms with Gasteiger partial charge in [0.05, 0.1) is 11.2 Å². The Kier molecular flexibility index (Phi) is 5.96. The van der Waals surface area contributed by atoms with Crippen molar-refractivity contribution in [2.75, 3.05) is 0 Å². The van der Waals surface area contributed by atoms with E-state index in [4.69, 9.17) is 9.31 Å². The van der Waals surface area contributed by atoms with Crippen molar-refractivity contribution >= 4 is 13.0 Å². The van der Waals surface area contributed by atoms with Gasteiger partial charge < -0.3 is 14.6 Å². The summed E-state index contributed by atoms with van der Waals surface area (Å²) in [5, 5.41) is 3.21. The molecular weight excluding hydrogens is 325 g/mol. The molecule has 26 heavy (non-hydrogen) atoms. The maximum atomic E-state index is 13.0. The molecule has 1 aliphatic heterocycles. The Morgan fingerprint density at radius 3 is 2.12 bits per heavy atom. The van der Waals surface area contributed by atoms with Gasteiger partial charge in [0.15, 0.2) is 0 Å². The topological polar surface area (TPSA) is 47.6 Å². The number of hydrogen-bond acceptors (Lipinski definition) is 3. The molecule has 1 unspecified atom stereocenters. The van der Waals surface area contributed by atoms with E-state index in [1.807, 2.05) is 0 Å². The molecule has 1 saturated heterocycles. The van der Waals surface area contributed by atoms with E-state index < -0.39 is 0 Å². The molecule has 2 aliphatic rings.